The number of benzene rings is 1. The van der Waals surface area contributed by atoms with Gasteiger partial charge in [-0.1, -0.05) is 6.08 Å². The topological polar surface area (TPSA) is 23.5 Å². The van der Waals surface area contributed by atoms with Gasteiger partial charge in [-0.05, 0) is 25.1 Å². The molecule has 15 heavy (non-hydrogen) atoms. The Kier molecular flexibility index (Phi) is 3.86. The minimum absolute atomic E-state index is 0.332. The largest absolute Gasteiger partial charge is 0.389 e. The van der Waals surface area contributed by atoms with Crippen LogP contribution in [0, 0.1) is 5.82 Å². The molecule has 1 N–H and O–H groups in total. The molecule has 0 bridgehead atoms. The van der Waals surface area contributed by atoms with Crippen molar-refractivity contribution in [2.75, 3.05) is 18.5 Å². The minimum atomic E-state index is -0.678. The van der Waals surface area contributed by atoms with Gasteiger partial charge in [0.05, 0.1) is 6.10 Å². The van der Waals surface area contributed by atoms with Crippen LogP contribution in [0.5, 0.6) is 0 Å². The lowest BCUT2D eigenvalue weighted by Gasteiger charge is -2.22. The average molecular weight is 209 g/mol. The van der Waals surface area contributed by atoms with E-state index in [0.29, 0.717) is 12.1 Å². The van der Waals surface area contributed by atoms with Crippen LogP contribution in [0.1, 0.15) is 18.6 Å². The molecule has 0 spiro atoms. The summed E-state index contributed by atoms with van der Waals surface area (Å²) < 4.78 is 13.0. The smallest absolute Gasteiger partial charge is 0.123 e. The molecule has 0 fully saturated rings. The molecule has 1 aromatic carbocycles. The molecule has 82 valence electrons. The fourth-order valence-electron chi connectivity index (χ4n) is 1.50. The Morgan fingerprint density at radius 2 is 2.27 bits per heavy atom. The van der Waals surface area contributed by atoms with E-state index in [2.05, 4.69) is 6.58 Å². The van der Waals surface area contributed by atoms with Crippen LogP contribution in [0.3, 0.4) is 0 Å². The van der Waals surface area contributed by atoms with Gasteiger partial charge in [-0.2, -0.15) is 0 Å². The third-order valence-corrected chi connectivity index (χ3v) is 2.25. The van der Waals surface area contributed by atoms with Gasteiger partial charge in [0.1, 0.15) is 5.82 Å². The number of anilines is 1. The van der Waals surface area contributed by atoms with Crippen molar-refractivity contribution in [3.8, 4) is 0 Å². The zero-order chi connectivity index (χ0) is 11.4. The van der Waals surface area contributed by atoms with E-state index in [0.717, 1.165) is 5.69 Å². The van der Waals surface area contributed by atoms with Crippen molar-refractivity contribution < 1.29 is 9.50 Å². The van der Waals surface area contributed by atoms with Gasteiger partial charge in [-0.25, -0.2) is 4.39 Å². The molecule has 0 heterocycles. The molecular weight excluding hydrogens is 193 g/mol. The zero-order valence-corrected chi connectivity index (χ0v) is 9.07. The molecule has 0 radical (unpaired) electrons. The quantitative estimate of drug-likeness (QED) is 0.770. The van der Waals surface area contributed by atoms with E-state index >= 15 is 0 Å². The van der Waals surface area contributed by atoms with Crippen LogP contribution in [-0.4, -0.2) is 18.7 Å². The SMILES string of the molecule is C=CCN(C)c1ccc(F)cc1[C@H](C)O. The molecule has 0 aliphatic rings. The van der Waals surface area contributed by atoms with Crippen LogP contribution in [0.4, 0.5) is 10.1 Å². The molecule has 0 saturated heterocycles. The highest BCUT2D eigenvalue weighted by Crippen LogP contribution is 2.26. The van der Waals surface area contributed by atoms with Crippen LogP contribution >= 0.6 is 0 Å². The van der Waals surface area contributed by atoms with Crippen molar-refractivity contribution in [1.29, 1.82) is 0 Å². The number of hydrogen-bond acceptors (Lipinski definition) is 2. The number of aliphatic hydroxyl groups excluding tert-OH is 1. The van der Waals surface area contributed by atoms with Crippen LogP contribution in [0.2, 0.25) is 0 Å². The van der Waals surface area contributed by atoms with Gasteiger partial charge in [-0.15, -0.1) is 6.58 Å². The maximum absolute atomic E-state index is 13.0. The summed E-state index contributed by atoms with van der Waals surface area (Å²) in [5, 5.41) is 9.53. The highest BCUT2D eigenvalue weighted by Gasteiger charge is 2.11. The molecule has 0 amide bonds. The van der Waals surface area contributed by atoms with E-state index < -0.39 is 6.10 Å². The summed E-state index contributed by atoms with van der Waals surface area (Å²) in [4.78, 5) is 1.91. The van der Waals surface area contributed by atoms with Crippen molar-refractivity contribution >= 4 is 5.69 Å². The van der Waals surface area contributed by atoms with E-state index in [1.165, 1.54) is 12.1 Å². The van der Waals surface area contributed by atoms with Crippen molar-refractivity contribution in [2.45, 2.75) is 13.0 Å². The Morgan fingerprint density at radius 1 is 1.60 bits per heavy atom. The maximum atomic E-state index is 13.0. The first-order chi connectivity index (χ1) is 7.06. The molecule has 1 rings (SSSR count). The van der Waals surface area contributed by atoms with Gasteiger partial charge in [0.15, 0.2) is 0 Å². The predicted molar refractivity (Wildman–Crippen MR) is 60.5 cm³/mol. The number of hydrogen-bond donors (Lipinski definition) is 1. The summed E-state index contributed by atoms with van der Waals surface area (Å²) in [7, 11) is 1.88. The van der Waals surface area contributed by atoms with Crippen LogP contribution in [-0.2, 0) is 0 Å². The van der Waals surface area contributed by atoms with Gasteiger partial charge >= 0.3 is 0 Å². The fourth-order valence-corrected chi connectivity index (χ4v) is 1.50. The molecule has 0 aliphatic carbocycles. The lowest BCUT2D eigenvalue weighted by Crippen LogP contribution is -2.19. The molecule has 2 nitrogen and oxygen atoms in total. The third-order valence-electron chi connectivity index (χ3n) is 2.25. The van der Waals surface area contributed by atoms with Crippen molar-refractivity contribution in [1.82, 2.24) is 0 Å². The van der Waals surface area contributed by atoms with Gasteiger partial charge < -0.3 is 10.0 Å². The van der Waals surface area contributed by atoms with Crippen LogP contribution in [0.15, 0.2) is 30.9 Å². The van der Waals surface area contributed by atoms with Crippen molar-refractivity contribution in [2.24, 2.45) is 0 Å². The van der Waals surface area contributed by atoms with Crippen molar-refractivity contribution in [3.63, 3.8) is 0 Å². The lowest BCUT2D eigenvalue weighted by atomic mass is 10.1. The fraction of sp³-hybridized carbons (Fsp3) is 0.333. The normalized spacial score (nSPS) is 12.3. The Morgan fingerprint density at radius 3 is 2.80 bits per heavy atom. The molecule has 3 heteroatoms. The van der Waals surface area contributed by atoms with Gasteiger partial charge in [0.25, 0.3) is 0 Å². The van der Waals surface area contributed by atoms with Crippen LogP contribution in [0.25, 0.3) is 0 Å². The Bertz CT molecular complexity index is 349. The van der Waals surface area contributed by atoms with E-state index in [4.69, 9.17) is 0 Å². The molecule has 0 aromatic heterocycles. The second-order valence-corrected chi connectivity index (χ2v) is 3.55. The van der Waals surface area contributed by atoms with E-state index in [1.807, 2.05) is 11.9 Å². The second-order valence-electron chi connectivity index (χ2n) is 3.55. The number of rotatable bonds is 4. The van der Waals surface area contributed by atoms with Crippen molar-refractivity contribution in [3.05, 3.63) is 42.2 Å². The number of halogens is 1. The van der Waals surface area contributed by atoms with E-state index in [-0.39, 0.29) is 5.82 Å². The lowest BCUT2D eigenvalue weighted by molar-refractivity contribution is 0.199. The summed E-state index contributed by atoms with van der Waals surface area (Å²) in [6, 6.07) is 4.42. The van der Waals surface area contributed by atoms with E-state index in [1.54, 1.807) is 19.1 Å². The highest BCUT2D eigenvalue weighted by atomic mass is 19.1. The number of nitrogens with zero attached hydrogens (tertiary/aromatic N) is 1. The maximum Gasteiger partial charge on any atom is 0.123 e. The summed E-state index contributed by atoms with van der Waals surface area (Å²) >= 11 is 0. The molecule has 0 unspecified atom stereocenters. The first-order valence-electron chi connectivity index (χ1n) is 4.85. The molecule has 1 aromatic rings. The zero-order valence-electron chi connectivity index (χ0n) is 9.07. The second kappa shape index (κ2) is 4.94. The molecule has 1 atom stereocenters. The number of likely N-dealkylation sites (N-methyl/N-ethyl adjacent to an activating group) is 1. The Balaban J connectivity index is 3.10. The Labute approximate surface area is 89.7 Å². The van der Waals surface area contributed by atoms with Gasteiger partial charge in [-0.3, -0.25) is 0 Å². The summed E-state index contributed by atoms with van der Waals surface area (Å²) in [6.07, 6.45) is 1.08. The molecule has 0 saturated carbocycles. The molecule has 0 aliphatic heterocycles. The standard InChI is InChI=1S/C12H16FNO/c1-4-7-14(3)12-6-5-10(13)8-11(12)9(2)15/h4-6,8-9,15H,1,7H2,2-3H3/t9-/m0/s1. The van der Waals surface area contributed by atoms with Gasteiger partial charge in [0.2, 0.25) is 0 Å². The highest BCUT2D eigenvalue weighted by molar-refractivity contribution is 5.54. The predicted octanol–water partition coefficient (Wildman–Crippen LogP) is 2.50. The monoisotopic (exact) mass is 209 g/mol. The van der Waals surface area contributed by atoms with Gasteiger partial charge in [0, 0.05) is 24.8 Å². The van der Waals surface area contributed by atoms with Crippen LogP contribution < -0.4 is 4.90 Å². The average Bonchev–Trinajstić information content (AvgIpc) is 2.17. The van der Waals surface area contributed by atoms with E-state index in [9.17, 15) is 9.50 Å². The first kappa shape index (κ1) is 11.7. The summed E-state index contributed by atoms with van der Waals surface area (Å²) in [5.41, 5.74) is 1.42. The third kappa shape index (κ3) is 2.80. The summed E-state index contributed by atoms with van der Waals surface area (Å²) in [5.74, 6) is -0.332. The molecular formula is C12H16FNO. The number of aliphatic hydroxyl groups is 1. The Hall–Kier alpha value is -1.35. The summed E-state index contributed by atoms with van der Waals surface area (Å²) in [6.45, 7) is 5.92. The minimum Gasteiger partial charge on any atom is -0.389 e. The first-order valence-corrected chi connectivity index (χ1v) is 4.85.